The highest BCUT2D eigenvalue weighted by Gasteiger charge is 2.26. The summed E-state index contributed by atoms with van der Waals surface area (Å²) in [6.07, 6.45) is 0.908. The Morgan fingerprint density at radius 2 is 1.18 bits per heavy atom. The Morgan fingerprint density at radius 1 is 0.615 bits per heavy atom. The molecule has 0 aliphatic rings. The number of aryl methyl sites for hydroxylation is 1. The van der Waals surface area contributed by atoms with Crippen LogP contribution in [0.2, 0.25) is 0 Å². The molecule has 1 heterocycles. The largest absolute Gasteiger partial charge is 0.309 e. The fourth-order valence-electron chi connectivity index (χ4n) is 5.56. The highest BCUT2D eigenvalue weighted by Crippen LogP contribution is 2.42. The van der Waals surface area contributed by atoms with Gasteiger partial charge in [0.1, 0.15) is 0 Å². The van der Waals surface area contributed by atoms with Crippen LogP contribution < -0.4 is 0 Å². The molecular formula is C38H45N. The van der Waals surface area contributed by atoms with Gasteiger partial charge in [0.25, 0.3) is 0 Å². The Kier molecular flexibility index (Phi) is 5.35. The second-order valence-corrected chi connectivity index (χ2v) is 14.0. The van der Waals surface area contributed by atoms with E-state index in [0.717, 1.165) is 22.3 Å². The molecule has 0 N–H and O–H groups in total. The van der Waals surface area contributed by atoms with Crippen LogP contribution in [0, 0.1) is 0 Å². The first kappa shape index (κ1) is 21.5. The van der Waals surface area contributed by atoms with Gasteiger partial charge in [0.05, 0.1) is 17.9 Å². The van der Waals surface area contributed by atoms with Gasteiger partial charge in [-0.25, -0.2) is 0 Å². The molecular weight excluding hydrogens is 470 g/mol. The van der Waals surface area contributed by atoms with E-state index in [0.29, 0.717) is 18.4 Å². The number of hydrogen-bond donors (Lipinski definition) is 0. The topological polar surface area (TPSA) is 4.93 Å². The van der Waals surface area contributed by atoms with Crippen LogP contribution in [-0.4, -0.2) is 4.57 Å². The van der Waals surface area contributed by atoms with Crippen LogP contribution in [-0.2, 0) is 29.1 Å². The van der Waals surface area contributed by atoms with Crippen molar-refractivity contribution in [3.63, 3.8) is 0 Å². The fraction of sp³-hybridized carbons (Fsp3) is 0.368. The summed E-state index contributed by atoms with van der Waals surface area (Å²) in [5.74, 6) is 0. The first-order valence-electron chi connectivity index (χ1n) is 16.6. The van der Waals surface area contributed by atoms with Gasteiger partial charge in [0.2, 0.25) is 0 Å². The van der Waals surface area contributed by atoms with Crippen molar-refractivity contribution in [2.24, 2.45) is 0 Å². The summed E-state index contributed by atoms with van der Waals surface area (Å²) < 4.78 is 43.7. The maximum Gasteiger partial charge on any atom is 0.0626 e. The standard InChI is InChI=1S/C38H45N/c1-36(2,3)28-23-29(37(4,5)6)25-30(24-28)39-32-19-13-17-27(22-21-26-15-11-10-12-16-26)34(32)35-31(38(7,8)9)18-14-20-33(35)39/h10-20,23-25H,21-22H2,1-9H3/i10D,11D,12D,15D,16D. The molecule has 0 amide bonds. The van der Waals surface area contributed by atoms with Crippen molar-refractivity contribution >= 4 is 21.8 Å². The molecule has 4 aromatic carbocycles. The Hall–Kier alpha value is -3.32. The third-order valence-corrected chi connectivity index (χ3v) is 7.82. The molecule has 0 fully saturated rings. The molecule has 0 unspecified atom stereocenters. The number of benzene rings is 4. The van der Waals surface area contributed by atoms with E-state index in [1.807, 2.05) is 0 Å². The van der Waals surface area contributed by atoms with Gasteiger partial charge in [-0.15, -0.1) is 0 Å². The molecule has 0 radical (unpaired) electrons. The summed E-state index contributed by atoms with van der Waals surface area (Å²) in [4.78, 5) is 0. The third kappa shape index (κ3) is 5.29. The predicted octanol–water partition coefficient (Wildman–Crippen LogP) is 10.5. The van der Waals surface area contributed by atoms with Gasteiger partial charge in [-0.05, 0) is 81.2 Å². The van der Waals surface area contributed by atoms with Crippen LogP contribution in [0.4, 0.5) is 0 Å². The van der Waals surface area contributed by atoms with Crippen molar-refractivity contribution < 1.29 is 6.85 Å². The second kappa shape index (κ2) is 9.70. The number of nitrogens with zero attached hydrogens (tertiary/aromatic N) is 1. The molecule has 0 bridgehead atoms. The van der Waals surface area contributed by atoms with E-state index in [4.69, 9.17) is 6.85 Å². The summed E-state index contributed by atoms with van der Waals surface area (Å²) in [7, 11) is 0. The van der Waals surface area contributed by atoms with Gasteiger partial charge >= 0.3 is 0 Å². The highest BCUT2D eigenvalue weighted by atomic mass is 15.0. The van der Waals surface area contributed by atoms with Crippen molar-refractivity contribution in [2.75, 3.05) is 0 Å². The summed E-state index contributed by atoms with van der Waals surface area (Å²) >= 11 is 0. The average Bonchev–Trinajstić information content (AvgIpc) is 3.28. The van der Waals surface area contributed by atoms with Crippen molar-refractivity contribution in [2.45, 2.75) is 91.4 Å². The van der Waals surface area contributed by atoms with Gasteiger partial charge in [0, 0.05) is 16.5 Å². The number of aromatic nitrogens is 1. The van der Waals surface area contributed by atoms with Crippen molar-refractivity contribution in [1.82, 2.24) is 4.57 Å². The Bertz CT molecular complexity index is 1850. The minimum Gasteiger partial charge on any atom is -0.309 e. The maximum absolute atomic E-state index is 8.49. The first-order chi connectivity index (χ1) is 20.3. The van der Waals surface area contributed by atoms with Crippen LogP contribution in [0.15, 0.2) is 84.8 Å². The zero-order valence-electron chi connectivity index (χ0n) is 30.1. The average molecular weight is 521 g/mol. The molecule has 0 saturated carbocycles. The zero-order chi connectivity index (χ0) is 32.5. The lowest BCUT2D eigenvalue weighted by Gasteiger charge is -2.27. The lowest BCUT2D eigenvalue weighted by molar-refractivity contribution is 0.568. The second-order valence-electron chi connectivity index (χ2n) is 14.0. The fourth-order valence-corrected chi connectivity index (χ4v) is 5.56. The molecule has 0 aliphatic heterocycles. The Labute approximate surface area is 242 Å². The van der Waals surface area contributed by atoms with Crippen LogP contribution >= 0.6 is 0 Å². The summed E-state index contributed by atoms with van der Waals surface area (Å²) in [5, 5.41) is 2.38. The highest BCUT2D eigenvalue weighted by molar-refractivity contribution is 6.12. The molecule has 1 aromatic heterocycles. The predicted molar refractivity (Wildman–Crippen MR) is 171 cm³/mol. The van der Waals surface area contributed by atoms with Gasteiger partial charge in [-0.1, -0.05) is 123 Å². The van der Waals surface area contributed by atoms with Crippen LogP contribution in [0.25, 0.3) is 27.5 Å². The van der Waals surface area contributed by atoms with Crippen molar-refractivity contribution in [3.05, 3.63) is 113 Å². The molecule has 202 valence electrons. The molecule has 5 rings (SSSR count). The Morgan fingerprint density at radius 3 is 1.74 bits per heavy atom. The minimum absolute atomic E-state index is 0.0273. The van der Waals surface area contributed by atoms with Crippen LogP contribution in [0.5, 0.6) is 0 Å². The van der Waals surface area contributed by atoms with E-state index in [1.165, 1.54) is 27.5 Å². The van der Waals surface area contributed by atoms with Gasteiger partial charge in [-0.3, -0.25) is 0 Å². The molecule has 1 nitrogen and oxygen atoms in total. The molecule has 5 aromatic rings. The quantitative estimate of drug-likeness (QED) is 0.222. The van der Waals surface area contributed by atoms with Crippen molar-refractivity contribution in [3.8, 4) is 5.69 Å². The van der Waals surface area contributed by atoms with Crippen LogP contribution in [0.3, 0.4) is 0 Å². The van der Waals surface area contributed by atoms with Gasteiger partial charge < -0.3 is 4.57 Å². The number of hydrogen-bond acceptors (Lipinski definition) is 0. The minimum atomic E-state index is -0.351. The normalized spacial score (nSPS) is 14.7. The third-order valence-electron chi connectivity index (χ3n) is 7.82. The van der Waals surface area contributed by atoms with Gasteiger partial charge in [0.15, 0.2) is 0 Å². The number of fused-ring (bicyclic) bond motifs is 3. The lowest BCUT2D eigenvalue weighted by atomic mass is 9.80. The Balaban J connectivity index is 1.83. The molecule has 0 spiro atoms. The van der Waals surface area contributed by atoms with E-state index in [9.17, 15) is 0 Å². The molecule has 0 aliphatic carbocycles. The summed E-state index contributed by atoms with van der Waals surface area (Å²) in [5.41, 5.74) is 8.54. The summed E-state index contributed by atoms with van der Waals surface area (Å²) in [6.45, 7) is 20.3. The van der Waals surface area contributed by atoms with Crippen molar-refractivity contribution in [1.29, 1.82) is 0 Å². The first-order valence-corrected chi connectivity index (χ1v) is 14.1. The summed E-state index contributed by atoms with van der Waals surface area (Å²) in [6, 6.07) is 18.9. The molecule has 0 saturated heterocycles. The lowest BCUT2D eigenvalue weighted by Crippen LogP contribution is -2.17. The van der Waals surface area contributed by atoms with Crippen LogP contribution in [0.1, 0.15) is 97.0 Å². The SMILES string of the molecule is [2H]c1c([2H])c([2H])c(CCc2cccc3c2c2c(C(C)(C)C)cccc2n3-c2cc(C(C)(C)C)cc(C(C)(C)C)c2)c([2H])c1[2H]. The van der Waals surface area contributed by atoms with E-state index >= 15 is 0 Å². The maximum atomic E-state index is 8.49. The molecule has 1 heteroatoms. The smallest absolute Gasteiger partial charge is 0.0626 e. The monoisotopic (exact) mass is 520 g/mol. The van der Waals surface area contributed by atoms with E-state index in [2.05, 4.69) is 121 Å². The zero-order valence-corrected chi connectivity index (χ0v) is 25.1. The molecule has 39 heavy (non-hydrogen) atoms. The number of rotatable bonds is 4. The van der Waals surface area contributed by atoms with E-state index < -0.39 is 0 Å². The van der Waals surface area contributed by atoms with Gasteiger partial charge in [-0.2, -0.15) is 0 Å². The van der Waals surface area contributed by atoms with E-state index in [1.54, 1.807) is 0 Å². The van der Waals surface area contributed by atoms with E-state index in [-0.39, 0.29) is 46.5 Å². The molecule has 0 atom stereocenters.